The Hall–Kier alpha value is -3.09. The number of anilines is 1. The monoisotopic (exact) mass is 337 g/mol. The highest BCUT2D eigenvalue weighted by Crippen LogP contribution is 2.48. The molecular formula is C18H16FN5O. The number of aryl methyl sites for hydroxylation is 1. The van der Waals surface area contributed by atoms with Crippen LogP contribution in [0.25, 0.3) is 11.4 Å². The molecule has 0 saturated heterocycles. The molecule has 126 valence electrons. The van der Waals surface area contributed by atoms with Gasteiger partial charge in [0.25, 0.3) is 0 Å². The van der Waals surface area contributed by atoms with Crippen molar-refractivity contribution in [3.63, 3.8) is 0 Å². The summed E-state index contributed by atoms with van der Waals surface area (Å²) >= 11 is 0. The highest BCUT2D eigenvalue weighted by Gasteiger charge is 2.43. The van der Waals surface area contributed by atoms with Gasteiger partial charge in [-0.05, 0) is 52.6 Å². The Morgan fingerprint density at radius 3 is 2.76 bits per heavy atom. The van der Waals surface area contributed by atoms with Gasteiger partial charge in [0, 0.05) is 24.2 Å². The topological polar surface area (TPSA) is 72.7 Å². The van der Waals surface area contributed by atoms with Crippen LogP contribution in [0.2, 0.25) is 0 Å². The van der Waals surface area contributed by atoms with E-state index in [2.05, 4.69) is 20.8 Å². The standard InChI is InChI=1S/C18H16FN5O/c1-24-17(21-22-23-24)12-3-2-4-14(9-12)20-18(25)16-10-15(16)11-5-7-13(19)8-6-11/h2-9,15-16H,10H2,1H3,(H,20,25). The lowest BCUT2D eigenvalue weighted by atomic mass is 10.1. The van der Waals surface area contributed by atoms with Crippen LogP contribution >= 0.6 is 0 Å². The molecule has 0 spiro atoms. The molecule has 6 nitrogen and oxygen atoms in total. The zero-order valence-corrected chi connectivity index (χ0v) is 13.6. The molecule has 4 rings (SSSR count). The van der Waals surface area contributed by atoms with E-state index in [-0.39, 0.29) is 23.6 Å². The molecule has 1 saturated carbocycles. The molecule has 1 aliphatic carbocycles. The van der Waals surface area contributed by atoms with Crippen LogP contribution in [0.3, 0.4) is 0 Å². The summed E-state index contributed by atoms with van der Waals surface area (Å²) in [7, 11) is 1.76. The van der Waals surface area contributed by atoms with Gasteiger partial charge in [-0.15, -0.1) is 5.10 Å². The summed E-state index contributed by atoms with van der Waals surface area (Å²) in [5.41, 5.74) is 2.53. The number of carbonyl (C=O) groups is 1. The van der Waals surface area contributed by atoms with Crippen LogP contribution in [0, 0.1) is 11.7 Å². The Bertz CT molecular complexity index is 921. The van der Waals surface area contributed by atoms with Gasteiger partial charge in [0.05, 0.1) is 0 Å². The van der Waals surface area contributed by atoms with Crippen molar-refractivity contribution in [2.24, 2.45) is 13.0 Å². The fraction of sp³-hybridized carbons (Fsp3) is 0.222. The summed E-state index contributed by atoms with van der Waals surface area (Å²) in [5.74, 6) is 0.423. The maximum atomic E-state index is 13.0. The van der Waals surface area contributed by atoms with E-state index in [1.807, 2.05) is 24.3 Å². The van der Waals surface area contributed by atoms with Crippen molar-refractivity contribution in [2.45, 2.75) is 12.3 Å². The molecule has 1 amide bonds. The Labute approximate surface area is 143 Å². The van der Waals surface area contributed by atoms with Crippen LogP contribution in [0.5, 0.6) is 0 Å². The third kappa shape index (κ3) is 3.13. The number of nitrogens with one attached hydrogen (secondary N) is 1. The number of hydrogen-bond acceptors (Lipinski definition) is 4. The van der Waals surface area contributed by atoms with E-state index in [4.69, 9.17) is 0 Å². The number of hydrogen-bond donors (Lipinski definition) is 1. The minimum Gasteiger partial charge on any atom is -0.326 e. The summed E-state index contributed by atoms with van der Waals surface area (Å²) in [6.45, 7) is 0. The number of amides is 1. The summed E-state index contributed by atoms with van der Waals surface area (Å²) in [6.07, 6.45) is 0.782. The molecule has 0 aliphatic heterocycles. The van der Waals surface area contributed by atoms with E-state index in [9.17, 15) is 9.18 Å². The van der Waals surface area contributed by atoms with Crippen molar-refractivity contribution in [3.8, 4) is 11.4 Å². The third-order valence-corrected chi connectivity index (χ3v) is 4.43. The Morgan fingerprint density at radius 2 is 2.04 bits per heavy atom. The minimum absolute atomic E-state index is 0.0254. The second-order valence-electron chi connectivity index (χ2n) is 6.20. The van der Waals surface area contributed by atoms with E-state index in [1.165, 1.54) is 12.1 Å². The molecule has 1 aromatic heterocycles. The molecule has 1 aliphatic rings. The number of benzene rings is 2. The molecule has 2 aromatic carbocycles. The van der Waals surface area contributed by atoms with E-state index in [0.717, 1.165) is 17.5 Å². The zero-order valence-electron chi connectivity index (χ0n) is 13.6. The Kier molecular flexibility index (Phi) is 3.76. The van der Waals surface area contributed by atoms with Crippen LogP contribution in [-0.4, -0.2) is 26.1 Å². The van der Waals surface area contributed by atoms with Crippen molar-refractivity contribution in [1.82, 2.24) is 20.2 Å². The van der Waals surface area contributed by atoms with Gasteiger partial charge in [-0.3, -0.25) is 4.79 Å². The first-order valence-corrected chi connectivity index (χ1v) is 8.01. The van der Waals surface area contributed by atoms with Crippen LogP contribution in [-0.2, 0) is 11.8 Å². The normalized spacial score (nSPS) is 18.8. The van der Waals surface area contributed by atoms with E-state index < -0.39 is 0 Å². The van der Waals surface area contributed by atoms with Crippen LogP contribution in [0.1, 0.15) is 17.9 Å². The molecule has 25 heavy (non-hydrogen) atoms. The highest BCUT2D eigenvalue weighted by atomic mass is 19.1. The van der Waals surface area contributed by atoms with Gasteiger partial charge in [0.15, 0.2) is 5.82 Å². The molecule has 1 heterocycles. The van der Waals surface area contributed by atoms with E-state index in [1.54, 1.807) is 23.9 Å². The predicted octanol–water partition coefficient (Wildman–Crippen LogP) is 2.76. The fourth-order valence-electron chi connectivity index (χ4n) is 3.01. The average molecular weight is 337 g/mol. The molecule has 0 bridgehead atoms. The number of tetrazole rings is 1. The number of nitrogens with zero attached hydrogens (tertiary/aromatic N) is 4. The van der Waals surface area contributed by atoms with Crippen molar-refractivity contribution in [2.75, 3.05) is 5.32 Å². The van der Waals surface area contributed by atoms with Crippen molar-refractivity contribution in [3.05, 3.63) is 59.9 Å². The maximum absolute atomic E-state index is 13.0. The summed E-state index contributed by atoms with van der Waals surface area (Å²) < 4.78 is 14.6. The van der Waals surface area contributed by atoms with Gasteiger partial charge in [-0.25, -0.2) is 9.07 Å². The Morgan fingerprint density at radius 1 is 1.24 bits per heavy atom. The maximum Gasteiger partial charge on any atom is 0.228 e. The number of carbonyl (C=O) groups excluding carboxylic acids is 1. The van der Waals surface area contributed by atoms with Gasteiger partial charge in [-0.1, -0.05) is 24.3 Å². The van der Waals surface area contributed by atoms with Crippen LogP contribution in [0.15, 0.2) is 48.5 Å². The molecule has 1 fully saturated rings. The lowest BCUT2D eigenvalue weighted by Gasteiger charge is -2.07. The van der Waals surface area contributed by atoms with Crippen molar-refractivity contribution < 1.29 is 9.18 Å². The molecule has 3 aromatic rings. The molecule has 0 radical (unpaired) electrons. The quantitative estimate of drug-likeness (QED) is 0.794. The van der Waals surface area contributed by atoms with Crippen molar-refractivity contribution in [1.29, 1.82) is 0 Å². The molecule has 2 unspecified atom stereocenters. The third-order valence-electron chi connectivity index (χ3n) is 4.43. The molecule has 1 N–H and O–H groups in total. The van der Waals surface area contributed by atoms with E-state index in [0.29, 0.717) is 11.5 Å². The van der Waals surface area contributed by atoms with Gasteiger partial charge in [0.1, 0.15) is 5.82 Å². The molecular weight excluding hydrogens is 321 g/mol. The van der Waals surface area contributed by atoms with Gasteiger partial charge >= 0.3 is 0 Å². The summed E-state index contributed by atoms with van der Waals surface area (Å²) in [4.78, 5) is 12.5. The first kappa shape index (κ1) is 15.4. The smallest absolute Gasteiger partial charge is 0.228 e. The second-order valence-corrected chi connectivity index (χ2v) is 6.20. The molecule has 7 heteroatoms. The molecule has 2 atom stereocenters. The van der Waals surface area contributed by atoms with Gasteiger partial charge in [0.2, 0.25) is 5.91 Å². The first-order valence-electron chi connectivity index (χ1n) is 8.01. The highest BCUT2D eigenvalue weighted by molar-refractivity contribution is 5.95. The first-order chi connectivity index (χ1) is 12.1. The Balaban J connectivity index is 1.45. The van der Waals surface area contributed by atoms with Crippen molar-refractivity contribution >= 4 is 11.6 Å². The van der Waals surface area contributed by atoms with Crippen LogP contribution < -0.4 is 5.32 Å². The lowest BCUT2D eigenvalue weighted by Crippen LogP contribution is -2.14. The van der Waals surface area contributed by atoms with Crippen LogP contribution in [0.4, 0.5) is 10.1 Å². The van der Waals surface area contributed by atoms with Gasteiger partial charge < -0.3 is 5.32 Å². The zero-order chi connectivity index (χ0) is 17.4. The summed E-state index contributed by atoms with van der Waals surface area (Å²) in [6, 6.07) is 13.8. The summed E-state index contributed by atoms with van der Waals surface area (Å²) in [5, 5.41) is 14.4. The average Bonchev–Trinajstić information content (AvgIpc) is 3.30. The fourth-order valence-corrected chi connectivity index (χ4v) is 3.01. The largest absolute Gasteiger partial charge is 0.326 e. The minimum atomic E-state index is -0.263. The van der Waals surface area contributed by atoms with E-state index >= 15 is 0 Å². The number of aromatic nitrogens is 4. The SMILES string of the molecule is Cn1nnnc1-c1cccc(NC(=O)C2CC2c2ccc(F)cc2)c1. The number of rotatable bonds is 4. The lowest BCUT2D eigenvalue weighted by molar-refractivity contribution is -0.117. The predicted molar refractivity (Wildman–Crippen MR) is 90.1 cm³/mol. The number of halogens is 1. The van der Waals surface area contributed by atoms with Gasteiger partial charge in [-0.2, -0.15) is 0 Å². The second kappa shape index (κ2) is 6.08.